The van der Waals surface area contributed by atoms with Gasteiger partial charge in [0.25, 0.3) is 5.56 Å². The summed E-state index contributed by atoms with van der Waals surface area (Å²) in [4.78, 5) is 18.6. The number of nitrogens with one attached hydrogen (secondary N) is 1. The van der Waals surface area contributed by atoms with Crippen molar-refractivity contribution < 1.29 is 4.74 Å². The number of pyridine rings is 1. The Morgan fingerprint density at radius 3 is 2.96 bits per heavy atom. The lowest BCUT2D eigenvalue weighted by molar-refractivity contribution is 0.0529. The van der Waals surface area contributed by atoms with Crippen molar-refractivity contribution in [1.82, 2.24) is 14.8 Å². The second kappa shape index (κ2) is 7.31. The fourth-order valence-electron chi connectivity index (χ4n) is 2.57. The first-order valence-electron chi connectivity index (χ1n) is 7.82. The van der Waals surface area contributed by atoms with Crippen LogP contribution in [-0.2, 0) is 18.3 Å². The topological polar surface area (TPSA) is 72.3 Å². The molecule has 3 heterocycles. The van der Waals surface area contributed by atoms with Crippen LogP contribution in [0.25, 0.3) is 0 Å². The van der Waals surface area contributed by atoms with Gasteiger partial charge in [0.05, 0.1) is 24.6 Å². The van der Waals surface area contributed by atoms with Gasteiger partial charge in [-0.1, -0.05) is 6.07 Å². The van der Waals surface area contributed by atoms with E-state index >= 15 is 0 Å². The first-order valence-corrected chi connectivity index (χ1v) is 8.61. The van der Waals surface area contributed by atoms with E-state index in [1.54, 1.807) is 13.2 Å². The van der Waals surface area contributed by atoms with E-state index in [-0.39, 0.29) is 11.7 Å². The van der Waals surface area contributed by atoms with E-state index in [4.69, 9.17) is 4.74 Å². The molecule has 1 aliphatic heterocycles. The molecule has 0 saturated carbocycles. The third-order valence-electron chi connectivity index (χ3n) is 3.94. The number of rotatable bonds is 4. The molecule has 0 bridgehead atoms. The summed E-state index contributed by atoms with van der Waals surface area (Å²) in [6.07, 6.45) is 3.71. The maximum absolute atomic E-state index is 11.8. The summed E-state index contributed by atoms with van der Waals surface area (Å²) in [5, 5.41) is 7.22. The molecule has 1 unspecified atom stereocenters. The molecule has 8 heteroatoms. The molecule has 1 atom stereocenters. The van der Waals surface area contributed by atoms with E-state index in [0.717, 1.165) is 31.1 Å². The highest BCUT2D eigenvalue weighted by Crippen LogP contribution is 2.18. The number of anilines is 2. The largest absolute Gasteiger partial charge is 0.379 e. The third-order valence-corrected chi connectivity index (χ3v) is 4.70. The van der Waals surface area contributed by atoms with Crippen LogP contribution < -0.4 is 15.8 Å². The predicted molar refractivity (Wildman–Crippen MR) is 96.4 cm³/mol. The van der Waals surface area contributed by atoms with Crippen LogP contribution >= 0.6 is 15.9 Å². The van der Waals surface area contributed by atoms with Crippen LogP contribution in [0.15, 0.2) is 33.8 Å². The zero-order valence-electron chi connectivity index (χ0n) is 13.7. The number of halogens is 1. The normalized spacial score (nSPS) is 17.8. The number of aryl methyl sites for hydroxylation is 1. The summed E-state index contributed by atoms with van der Waals surface area (Å²) in [6.45, 7) is 5.09. The Morgan fingerprint density at radius 2 is 2.25 bits per heavy atom. The molecule has 1 fully saturated rings. The standard InChI is InChI=1S/C16H20BrN5O2/c1-11-10-22(5-6-24-11)14-4-3-12(8-19-14)7-18-13-9-20-21(2)16(23)15(13)17/h3-4,8-9,11,18H,5-7,10H2,1-2H3. The molecule has 0 amide bonds. The van der Waals surface area contributed by atoms with Gasteiger partial charge in [-0.2, -0.15) is 5.10 Å². The molecular weight excluding hydrogens is 374 g/mol. The molecule has 1 N–H and O–H groups in total. The summed E-state index contributed by atoms with van der Waals surface area (Å²) < 4.78 is 7.32. The lowest BCUT2D eigenvalue weighted by Crippen LogP contribution is -2.41. The summed E-state index contributed by atoms with van der Waals surface area (Å²) in [5.74, 6) is 0.963. The van der Waals surface area contributed by atoms with Crippen molar-refractivity contribution in [2.75, 3.05) is 29.9 Å². The third kappa shape index (κ3) is 3.76. The molecule has 3 rings (SSSR count). The highest BCUT2D eigenvalue weighted by atomic mass is 79.9. The predicted octanol–water partition coefficient (Wildman–Crippen LogP) is 1.77. The summed E-state index contributed by atoms with van der Waals surface area (Å²) in [6, 6.07) is 4.06. The first kappa shape index (κ1) is 16.9. The minimum atomic E-state index is -0.171. The van der Waals surface area contributed by atoms with Crippen molar-refractivity contribution in [2.45, 2.75) is 19.6 Å². The smallest absolute Gasteiger partial charge is 0.282 e. The van der Waals surface area contributed by atoms with Crippen molar-refractivity contribution in [3.05, 3.63) is 44.9 Å². The van der Waals surface area contributed by atoms with E-state index in [1.807, 2.05) is 18.3 Å². The van der Waals surface area contributed by atoms with Crippen molar-refractivity contribution in [2.24, 2.45) is 7.05 Å². The van der Waals surface area contributed by atoms with Gasteiger partial charge in [0.15, 0.2) is 0 Å². The van der Waals surface area contributed by atoms with Crippen LogP contribution in [0.3, 0.4) is 0 Å². The number of morpholine rings is 1. The highest BCUT2D eigenvalue weighted by molar-refractivity contribution is 9.10. The Bertz CT molecular complexity index is 762. The lowest BCUT2D eigenvalue weighted by Gasteiger charge is -2.32. The van der Waals surface area contributed by atoms with E-state index in [2.05, 4.69) is 43.2 Å². The molecule has 24 heavy (non-hydrogen) atoms. The minimum Gasteiger partial charge on any atom is -0.379 e. The van der Waals surface area contributed by atoms with Crippen LogP contribution in [0.5, 0.6) is 0 Å². The van der Waals surface area contributed by atoms with Gasteiger partial charge in [-0.05, 0) is 34.5 Å². The van der Waals surface area contributed by atoms with Gasteiger partial charge in [0, 0.05) is 32.9 Å². The highest BCUT2D eigenvalue weighted by Gasteiger charge is 2.17. The molecule has 1 aliphatic rings. The van der Waals surface area contributed by atoms with Crippen LogP contribution in [-0.4, -0.2) is 40.6 Å². The Hall–Kier alpha value is -1.93. The second-order valence-corrected chi connectivity index (χ2v) is 6.60. The molecule has 2 aromatic heterocycles. The quantitative estimate of drug-likeness (QED) is 0.853. The number of ether oxygens (including phenoxy) is 1. The number of nitrogens with zero attached hydrogens (tertiary/aromatic N) is 4. The minimum absolute atomic E-state index is 0.171. The van der Waals surface area contributed by atoms with Crippen molar-refractivity contribution in [3.8, 4) is 0 Å². The SMILES string of the molecule is CC1CN(c2ccc(CNc3cnn(C)c(=O)c3Br)cn2)CCO1. The first-order chi connectivity index (χ1) is 11.5. The van der Waals surface area contributed by atoms with Gasteiger partial charge < -0.3 is 15.0 Å². The van der Waals surface area contributed by atoms with Crippen LogP contribution in [0, 0.1) is 0 Å². The van der Waals surface area contributed by atoms with Crippen LogP contribution in [0.1, 0.15) is 12.5 Å². The van der Waals surface area contributed by atoms with E-state index in [1.165, 1.54) is 4.68 Å². The molecule has 0 aromatic carbocycles. The number of hydrogen-bond acceptors (Lipinski definition) is 6. The molecule has 1 saturated heterocycles. The maximum Gasteiger partial charge on any atom is 0.282 e. The van der Waals surface area contributed by atoms with Crippen LogP contribution in [0.2, 0.25) is 0 Å². The molecule has 0 spiro atoms. The summed E-state index contributed by atoms with van der Waals surface area (Å²) >= 11 is 3.30. The molecule has 128 valence electrons. The van der Waals surface area contributed by atoms with Gasteiger partial charge >= 0.3 is 0 Å². The monoisotopic (exact) mass is 393 g/mol. The number of aromatic nitrogens is 3. The van der Waals surface area contributed by atoms with Gasteiger partial charge in [0.2, 0.25) is 0 Å². The average molecular weight is 394 g/mol. The Balaban J connectivity index is 1.64. The Labute approximate surface area is 148 Å². The Kier molecular flexibility index (Phi) is 5.15. The second-order valence-electron chi connectivity index (χ2n) is 5.81. The Morgan fingerprint density at radius 1 is 1.42 bits per heavy atom. The van der Waals surface area contributed by atoms with Crippen molar-refractivity contribution in [1.29, 1.82) is 0 Å². The van der Waals surface area contributed by atoms with E-state index < -0.39 is 0 Å². The van der Waals surface area contributed by atoms with Gasteiger partial charge in [-0.15, -0.1) is 0 Å². The van der Waals surface area contributed by atoms with E-state index in [0.29, 0.717) is 16.7 Å². The molecular formula is C16H20BrN5O2. The number of hydrogen-bond donors (Lipinski definition) is 1. The zero-order valence-corrected chi connectivity index (χ0v) is 15.3. The molecule has 0 aliphatic carbocycles. The maximum atomic E-state index is 11.8. The van der Waals surface area contributed by atoms with Crippen molar-refractivity contribution in [3.63, 3.8) is 0 Å². The van der Waals surface area contributed by atoms with Crippen LogP contribution in [0.4, 0.5) is 11.5 Å². The van der Waals surface area contributed by atoms with Gasteiger partial charge in [-0.3, -0.25) is 4.79 Å². The van der Waals surface area contributed by atoms with Crippen molar-refractivity contribution >= 4 is 27.4 Å². The van der Waals surface area contributed by atoms with E-state index in [9.17, 15) is 4.79 Å². The lowest BCUT2D eigenvalue weighted by atomic mass is 10.2. The average Bonchev–Trinajstić information content (AvgIpc) is 2.60. The molecule has 2 aromatic rings. The fourth-order valence-corrected chi connectivity index (χ4v) is 3.07. The molecule has 7 nitrogen and oxygen atoms in total. The van der Waals surface area contributed by atoms with Gasteiger partial charge in [0.1, 0.15) is 10.3 Å². The fraction of sp³-hybridized carbons (Fsp3) is 0.438. The zero-order chi connectivity index (χ0) is 17.1. The molecule has 0 radical (unpaired) electrons. The summed E-state index contributed by atoms with van der Waals surface area (Å²) in [5.41, 5.74) is 1.53. The van der Waals surface area contributed by atoms with Gasteiger partial charge in [-0.25, -0.2) is 9.67 Å². The summed E-state index contributed by atoms with van der Waals surface area (Å²) in [7, 11) is 1.62.